The van der Waals surface area contributed by atoms with Gasteiger partial charge in [0.15, 0.2) is 11.0 Å². The van der Waals surface area contributed by atoms with Crippen LogP contribution in [0.5, 0.6) is 5.75 Å². The van der Waals surface area contributed by atoms with E-state index in [4.69, 9.17) is 10.00 Å². The van der Waals surface area contributed by atoms with Crippen LogP contribution >= 0.6 is 11.8 Å². The van der Waals surface area contributed by atoms with Gasteiger partial charge < -0.3 is 4.74 Å². The first-order valence-corrected chi connectivity index (χ1v) is 11.2. The van der Waals surface area contributed by atoms with Gasteiger partial charge in [-0.25, -0.2) is 4.98 Å². The Morgan fingerprint density at radius 2 is 1.81 bits per heavy atom. The number of nitriles is 1. The van der Waals surface area contributed by atoms with Gasteiger partial charge in [-0.15, -0.1) is 10.2 Å². The van der Waals surface area contributed by atoms with Crippen LogP contribution < -0.4 is 4.74 Å². The zero-order chi connectivity index (χ0) is 22.3. The van der Waals surface area contributed by atoms with Crippen molar-refractivity contribution in [2.45, 2.75) is 43.1 Å². The molecule has 0 aliphatic carbocycles. The molecule has 0 fully saturated rings. The molecule has 1 atom stereocenters. The quantitative estimate of drug-likeness (QED) is 0.362. The van der Waals surface area contributed by atoms with Crippen molar-refractivity contribution < 1.29 is 4.74 Å². The highest BCUT2D eigenvalue weighted by molar-refractivity contribution is 7.99. The highest BCUT2D eigenvalue weighted by atomic mass is 32.2. The summed E-state index contributed by atoms with van der Waals surface area (Å²) in [5.74, 6) is 1.53. The van der Waals surface area contributed by atoms with E-state index in [1.165, 1.54) is 17.3 Å². The number of nitrogens with zero attached hydrogens (tertiary/aromatic N) is 5. The molecule has 7 heteroatoms. The van der Waals surface area contributed by atoms with Crippen molar-refractivity contribution in [1.82, 2.24) is 19.7 Å². The lowest BCUT2D eigenvalue weighted by atomic mass is 10.1. The van der Waals surface area contributed by atoms with Gasteiger partial charge in [-0.1, -0.05) is 49.4 Å². The van der Waals surface area contributed by atoms with Crippen LogP contribution in [0, 0.1) is 11.3 Å². The van der Waals surface area contributed by atoms with Crippen LogP contribution in [0.4, 0.5) is 0 Å². The Labute approximate surface area is 191 Å². The number of pyridine rings is 1. The SMILES string of the molecule is CCc1ccc(OCc2nnc(Sc3ccc(C#N)cn3)n2[C@H](C)c2ccccc2)cc1. The lowest BCUT2D eigenvalue weighted by Crippen LogP contribution is -2.14. The fourth-order valence-corrected chi connectivity index (χ4v) is 4.19. The minimum atomic E-state index is 0.00755. The highest BCUT2D eigenvalue weighted by Crippen LogP contribution is 2.30. The molecule has 0 spiro atoms. The molecule has 0 saturated heterocycles. The molecule has 6 nitrogen and oxygen atoms in total. The summed E-state index contributed by atoms with van der Waals surface area (Å²) in [6, 6.07) is 24.0. The van der Waals surface area contributed by atoms with Gasteiger partial charge >= 0.3 is 0 Å². The van der Waals surface area contributed by atoms with Crippen LogP contribution in [0.1, 0.15) is 42.4 Å². The predicted octanol–water partition coefficient (Wildman–Crippen LogP) is 5.45. The van der Waals surface area contributed by atoms with Crippen LogP contribution in [-0.2, 0) is 13.0 Å². The summed E-state index contributed by atoms with van der Waals surface area (Å²) < 4.78 is 8.11. The third-order valence-corrected chi connectivity index (χ3v) is 6.08. The molecular weight excluding hydrogens is 418 g/mol. The summed E-state index contributed by atoms with van der Waals surface area (Å²) in [6.45, 7) is 4.55. The maximum atomic E-state index is 9.01. The molecule has 2 aromatic carbocycles. The molecule has 0 aliphatic heterocycles. The van der Waals surface area contributed by atoms with E-state index in [9.17, 15) is 0 Å². The summed E-state index contributed by atoms with van der Waals surface area (Å²) in [6.07, 6.45) is 2.56. The number of hydrogen-bond donors (Lipinski definition) is 0. The molecule has 0 radical (unpaired) electrons. The van der Waals surface area contributed by atoms with Crippen LogP contribution in [0.2, 0.25) is 0 Å². The summed E-state index contributed by atoms with van der Waals surface area (Å²) >= 11 is 1.42. The van der Waals surface area contributed by atoms with Crippen LogP contribution in [-0.4, -0.2) is 19.7 Å². The number of aryl methyl sites for hydroxylation is 1. The Bertz CT molecular complexity index is 1200. The Kier molecular flexibility index (Phi) is 6.83. The van der Waals surface area contributed by atoms with Gasteiger partial charge in [0.05, 0.1) is 11.6 Å². The summed E-state index contributed by atoms with van der Waals surface area (Å²) in [5, 5.41) is 19.3. The highest BCUT2D eigenvalue weighted by Gasteiger charge is 2.20. The molecule has 4 rings (SSSR count). The zero-order valence-electron chi connectivity index (χ0n) is 18.0. The Morgan fingerprint density at radius 3 is 2.47 bits per heavy atom. The van der Waals surface area contributed by atoms with Gasteiger partial charge in [-0.3, -0.25) is 4.57 Å². The van der Waals surface area contributed by atoms with E-state index in [2.05, 4.69) is 63.9 Å². The number of ether oxygens (including phenoxy) is 1. The first kappa shape index (κ1) is 21.6. The summed E-state index contributed by atoms with van der Waals surface area (Å²) in [5.41, 5.74) is 2.94. The van der Waals surface area contributed by atoms with Gasteiger partial charge in [0.25, 0.3) is 0 Å². The number of benzene rings is 2. The normalized spacial score (nSPS) is 11.7. The van der Waals surface area contributed by atoms with Crippen LogP contribution in [0.25, 0.3) is 0 Å². The number of hydrogen-bond acceptors (Lipinski definition) is 6. The summed E-state index contributed by atoms with van der Waals surface area (Å²) in [7, 11) is 0. The maximum Gasteiger partial charge on any atom is 0.198 e. The average molecular weight is 442 g/mol. The van der Waals surface area contributed by atoms with Gasteiger partial charge in [-0.2, -0.15) is 5.26 Å². The van der Waals surface area contributed by atoms with E-state index in [-0.39, 0.29) is 6.04 Å². The van der Waals surface area contributed by atoms with E-state index in [0.717, 1.165) is 33.7 Å². The Balaban J connectivity index is 1.62. The van der Waals surface area contributed by atoms with Gasteiger partial charge in [0, 0.05) is 6.20 Å². The molecule has 0 bridgehead atoms. The smallest absolute Gasteiger partial charge is 0.198 e. The third kappa shape index (κ3) is 4.98. The van der Waals surface area contributed by atoms with E-state index in [1.54, 1.807) is 12.3 Å². The van der Waals surface area contributed by atoms with E-state index >= 15 is 0 Å². The van der Waals surface area contributed by atoms with Crippen molar-refractivity contribution in [1.29, 1.82) is 5.26 Å². The third-order valence-electron chi connectivity index (χ3n) is 5.17. The standard InChI is InChI=1S/C25H23N5OS/c1-3-19-9-12-22(13-10-19)31-17-23-28-29-25(32-24-14-11-20(15-26)16-27-24)30(23)18(2)21-7-5-4-6-8-21/h4-14,16,18H,3,17H2,1-2H3/t18-/m1/s1. The molecule has 0 amide bonds. The minimum Gasteiger partial charge on any atom is -0.486 e. The first-order chi connectivity index (χ1) is 15.7. The van der Waals surface area contributed by atoms with Crippen molar-refractivity contribution in [2.75, 3.05) is 0 Å². The molecular formula is C25H23N5OS. The van der Waals surface area contributed by atoms with Crippen molar-refractivity contribution in [2.24, 2.45) is 0 Å². The molecule has 160 valence electrons. The van der Waals surface area contributed by atoms with Gasteiger partial charge in [0.1, 0.15) is 23.5 Å². The second-order valence-corrected chi connectivity index (χ2v) is 8.23. The van der Waals surface area contributed by atoms with Crippen molar-refractivity contribution in [3.63, 3.8) is 0 Å². The minimum absolute atomic E-state index is 0.00755. The van der Waals surface area contributed by atoms with Crippen LogP contribution in [0.3, 0.4) is 0 Å². The Morgan fingerprint density at radius 1 is 1.03 bits per heavy atom. The molecule has 0 aliphatic rings. The maximum absolute atomic E-state index is 9.01. The molecule has 32 heavy (non-hydrogen) atoms. The topological polar surface area (TPSA) is 76.6 Å². The zero-order valence-corrected chi connectivity index (χ0v) is 18.8. The van der Waals surface area contributed by atoms with Crippen molar-refractivity contribution in [3.05, 3.63) is 95.4 Å². The van der Waals surface area contributed by atoms with E-state index < -0.39 is 0 Å². The number of rotatable bonds is 8. The lowest BCUT2D eigenvalue weighted by molar-refractivity contribution is 0.285. The van der Waals surface area contributed by atoms with Crippen molar-refractivity contribution in [3.8, 4) is 11.8 Å². The second kappa shape index (κ2) is 10.1. The molecule has 2 heterocycles. The number of aromatic nitrogens is 4. The average Bonchev–Trinajstić information content (AvgIpc) is 3.25. The first-order valence-electron chi connectivity index (χ1n) is 10.4. The van der Waals surface area contributed by atoms with E-state index in [0.29, 0.717) is 12.2 Å². The molecule has 0 N–H and O–H groups in total. The fraction of sp³-hybridized carbons (Fsp3) is 0.200. The summed E-state index contributed by atoms with van der Waals surface area (Å²) in [4.78, 5) is 4.37. The van der Waals surface area contributed by atoms with Crippen LogP contribution in [0.15, 0.2) is 83.1 Å². The van der Waals surface area contributed by atoms with E-state index in [1.807, 2.05) is 36.4 Å². The predicted molar refractivity (Wildman–Crippen MR) is 124 cm³/mol. The monoisotopic (exact) mass is 441 g/mol. The molecule has 0 unspecified atom stereocenters. The second-order valence-electron chi connectivity index (χ2n) is 7.24. The van der Waals surface area contributed by atoms with Crippen molar-refractivity contribution >= 4 is 11.8 Å². The molecule has 4 aromatic rings. The Hall–Kier alpha value is -3.63. The van der Waals surface area contributed by atoms with Gasteiger partial charge in [0.2, 0.25) is 0 Å². The fourth-order valence-electron chi connectivity index (χ4n) is 3.31. The largest absolute Gasteiger partial charge is 0.486 e. The molecule has 2 aromatic heterocycles. The lowest BCUT2D eigenvalue weighted by Gasteiger charge is -2.18. The molecule has 0 saturated carbocycles. The van der Waals surface area contributed by atoms with Gasteiger partial charge in [-0.05, 0) is 60.5 Å².